The summed E-state index contributed by atoms with van der Waals surface area (Å²) >= 11 is 0. The van der Waals surface area contributed by atoms with E-state index >= 15 is 0 Å². The normalized spacial score (nSPS) is 22.7. The zero-order chi connectivity index (χ0) is 11.5. The van der Waals surface area contributed by atoms with Crippen molar-refractivity contribution in [1.82, 2.24) is 4.90 Å². The van der Waals surface area contributed by atoms with Crippen LogP contribution in [0.15, 0.2) is 0 Å². The maximum Gasteiger partial charge on any atom is 0.410 e. The van der Waals surface area contributed by atoms with Gasteiger partial charge in [0.15, 0.2) is 0 Å². The Morgan fingerprint density at radius 3 is 2.73 bits per heavy atom. The molecule has 1 unspecified atom stereocenters. The molecule has 4 nitrogen and oxygen atoms in total. The molecule has 4 heteroatoms. The number of hydrogen-bond donors (Lipinski definition) is 0. The lowest BCUT2D eigenvalue weighted by molar-refractivity contribution is -0.0428. The van der Waals surface area contributed by atoms with E-state index < -0.39 is 5.60 Å². The van der Waals surface area contributed by atoms with Crippen molar-refractivity contribution in [2.75, 3.05) is 19.7 Å². The second kappa shape index (κ2) is 4.84. The molecule has 0 aromatic carbocycles. The van der Waals surface area contributed by atoms with Crippen molar-refractivity contribution in [1.29, 1.82) is 0 Å². The van der Waals surface area contributed by atoms with Crippen LogP contribution in [0.1, 0.15) is 34.1 Å². The van der Waals surface area contributed by atoms with Crippen LogP contribution in [0.3, 0.4) is 0 Å². The zero-order valence-corrected chi connectivity index (χ0v) is 10.1. The number of morpholine rings is 1. The molecule has 0 N–H and O–H groups in total. The van der Waals surface area contributed by atoms with E-state index in [2.05, 4.69) is 6.92 Å². The SMILES string of the molecule is CCC1CN(C(=O)OC(C)(C)C)CCO1. The third-order valence-electron chi connectivity index (χ3n) is 2.25. The molecule has 1 aliphatic rings. The highest BCUT2D eigenvalue weighted by Gasteiger charge is 2.27. The molecule has 0 aromatic rings. The molecule has 1 saturated heterocycles. The van der Waals surface area contributed by atoms with E-state index in [1.165, 1.54) is 0 Å². The molecular formula is C11H21NO3. The molecule has 0 spiro atoms. The molecule has 1 amide bonds. The van der Waals surface area contributed by atoms with Gasteiger partial charge in [-0.05, 0) is 27.2 Å². The van der Waals surface area contributed by atoms with Crippen LogP contribution < -0.4 is 0 Å². The molecule has 1 heterocycles. The summed E-state index contributed by atoms with van der Waals surface area (Å²) in [4.78, 5) is 13.4. The highest BCUT2D eigenvalue weighted by atomic mass is 16.6. The summed E-state index contributed by atoms with van der Waals surface area (Å²) < 4.78 is 10.8. The predicted octanol–water partition coefficient (Wildman–Crippen LogP) is 2.03. The molecule has 1 aliphatic heterocycles. The number of ether oxygens (including phenoxy) is 2. The smallest absolute Gasteiger partial charge is 0.410 e. The molecule has 0 saturated carbocycles. The number of carbonyl (C=O) groups is 1. The van der Waals surface area contributed by atoms with Crippen molar-refractivity contribution >= 4 is 6.09 Å². The van der Waals surface area contributed by atoms with Crippen molar-refractivity contribution < 1.29 is 14.3 Å². The second-order valence-electron chi connectivity index (χ2n) is 4.83. The Morgan fingerprint density at radius 1 is 1.53 bits per heavy atom. The molecule has 15 heavy (non-hydrogen) atoms. The minimum atomic E-state index is -0.420. The van der Waals surface area contributed by atoms with E-state index in [0.717, 1.165) is 6.42 Å². The monoisotopic (exact) mass is 215 g/mol. The minimum Gasteiger partial charge on any atom is -0.444 e. The Kier molecular flexibility index (Phi) is 3.97. The fraction of sp³-hybridized carbons (Fsp3) is 0.909. The highest BCUT2D eigenvalue weighted by molar-refractivity contribution is 5.68. The standard InChI is InChI=1S/C11H21NO3/c1-5-9-8-12(6-7-14-9)10(13)15-11(2,3)4/h9H,5-8H2,1-4H3. The number of carbonyl (C=O) groups excluding carboxylic acids is 1. The van der Waals surface area contributed by atoms with E-state index in [-0.39, 0.29) is 12.2 Å². The van der Waals surface area contributed by atoms with Crippen LogP contribution in [-0.2, 0) is 9.47 Å². The fourth-order valence-corrected chi connectivity index (χ4v) is 1.46. The van der Waals surface area contributed by atoms with Crippen molar-refractivity contribution in [2.45, 2.75) is 45.8 Å². The molecule has 0 aliphatic carbocycles. The van der Waals surface area contributed by atoms with Gasteiger partial charge in [0, 0.05) is 6.54 Å². The summed E-state index contributed by atoms with van der Waals surface area (Å²) in [5.74, 6) is 0. The highest BCUT2D eigenvalue weighted by Crippen LogP contribution is 2.13. The Morgan fingerprint density at radius 2 is 2.20 bits per heavy atom. The van der Waals surface area contributed by atoms with Gasteiger partial charge in [-0.3, -0.25) is 0 Å². The van der Waals surface area contributed by atoms with Crippen LogP contribution in [0.5, 0.6) is 0 Å². The van der Waals surface area contributed by atoms with Gasteiger partial charge in [-0.1, -0.05) is 6.92 Å². The van der Waals surface area contributed by atoms with E-state index in [1.807, 2.05) is 20.8 Å². The van der Waals surface area contributed by atoms with Gasteiger partial charge in [0.1, 0.15) is 5.60 Å². The van der Waals surface area contributed by atoms with Crippen LogP contribution in [0.25, 0.3) is 0 Å². The van der Waals surface area contributed by atoms with Crippen molar-refractivity contribution in [3.8, 4) is 0 Å². The second-order valence-corrected chi connectivity index (χ2v) is 4.83. The van der Waals surface area contributed by atoms with Gasteiger partial charge in [-0.15, -0.1) is 0 Å². The molecular weight excluding hydrogens is 194 g/mol. The van der Waals surface area contributed by atoms with Gasteiger partial charge in [0.05, 0.1) is 19.3 Å². The predicted molar refractivity (Wildman–Crippen MR) is 57.8 cm³/mol. The number of hydrogen-bond acceptors (Lipinski definition) is 3. The quantitative estimate of drug-likeness (QED) is 0.672. The van der Waals surface area contributed by atoms with Gasteiger partial charge in [0.2, 0.25) is 0 Å². The summed E-state index contributed by atoms with van der Waals surface area (Å²) in [6.45, 7) is 9.58. The molecule has 0 radical (unpaired) electrons. The van der Waals surface area contributed by atoms with Gasteiger partial charge in [0.25, 0.3) is 0 Å². The summed E-state index contributed by atoms with van der Waals surface area (Å²) in [5, 5.41) is 0. The molecule has 1 fully saturated rings. The first-order valence-electron chi connectivity index (χ1n) is 5.52. The lowest BCUT2D eigenvalue weighted by atomic mass is 10.2. The van der Waals surface area contributed by atoms with Crippen molar-refractivity contribution in [3.05, 3.63) is 0 Å². The van der Waals surface area contributed by atoms with Crippen LogP contribution in [0.4, 0.5) is 4.79 Å². The van der Waals surface area contributed by atoms with Crippen LogP contribution in [-0.4, -0.2) is 42.4 Å². The van der Waals surface area contributed by atoms with Crippen LogP contribution in [0.2, 0.25) is 0 Å². The summed E-state index contributed by atoms with van der Waals surface area (Å²) in [5.41, 5.74) is -0.420. The summed E-state index contributed by atoms with van der Waals surface area (Å²) in [6.07, 6.45) is 0.856. The fourth-order valence-electron chi connectivity index (χ4n) is 1.46. The molecule has 0 bridgehead atoms. The third-order valence-corrected chi connectivity index (χ3v) is 2.25. The lowest BCUT2D eigenvalue weighted by Gasteiger charge is -2.33. The van der Waals surface area contributed by atoms with Gasteiger partial charge in [-0.2, -0.15) is 0 Å². The number of nitrogens with zero attached hydrogens (tertiary/aromatic N) is 1. The molecule has 0 aromatic heterocycles. The number of rotatable bonds is 1. The zero-order valence-electron chi connectivity index (χ0n) is 10.1. The Hall–Kier alpha value is -0.770. The van der Waals surface area contributed by atoms with Crippen LogP contribution in [0, 0.1) is 0 Å². The molecule has 88 valence electrons. The van der Waals surface area contributed by atoms with Crippen molar-refractivity contribution in [3.63, 3.8) is 0 Å². The minimum absolute atomic E-state index is 0.159. The maximum atomic E-state index is 11.7. The first-order valence-corrected chi connectivity index (χ1v) is 5.52. The lowest BCUT2D eigenvalue weighted by Crippen LogP contribution is -2.47. The molecule has 1 atom stereocenters. The Bertz CT molecular complexity index is 222. The average Bonchev–Trinajstić information content (AvgIpc) is 2.15. The first kappa shape index (κ1) is 12.3. The van der Waals surface area contributed by atoms with E-state index in [1.54, 1.807) is 4.90 Å². The largest absolute Gasteiger partial charge is 0.444 e. The molecule has 1 rings (SSSR count). The van der Waals surface area contributed by atoms with Crippen molar-refractivity contribution in [2.24, 2.45) is 0 Å². The third kappa shape index (κ3) is 4.08. The average molecular weight is 215 g/mol. The first-order chi connectivity index (χ1) is 6.92. The van der Waals surface area contributed by atoms with Gasteiger partial charge >= 0.3 is 6.09 Å². The summed E-state index contributed by atoms with van der Waals surface area (Å²) in [7, 11) is 0. The summed E-state index contributed by atoms with van der Waals surface area (Å²) in [6, 6.07) is 0. The Balaban J connectivity index is 2.45. The van der Waals surface area contributed by atoms with Gasteiger partial charge < -0.3 is 14.4 Å². The van der Waals surface area contributed by atoms with Crippen LogP contribution >= 0.6 is 0 Å². The Labute approximate surface area is 91.5 Å². The van der Waals surface area contributed by atoms with E-state index in [9.17, 15) is 4.79 Å². The maximum absolute atomic E-state index is 11.7. The van der Waals surface area contributed by atoms with Gasteiger partial charge in [-0.25, -0.2) is 4.79 Å². The number of amides is 1. The van der Waals surface area contributed by atoms with E-state index in [0.29, 0.717) is 19.7 Å². The topological polar surface area (TPSA) is 38.8 Å². The van der Waals surface area contributed by atoms with E-state index in [4.69, 9.17) is 9.47 Å².